The fraction of sp³-hybridized carbons (Fsp3) is 0.562. The van der Waals surface area contributed by atoms with E-state index in [9.17, 15) is 9.90 Å². The smallest absolute Gasteiger partial charge is 0.253 e. The highest BCUT2D eigenvalue weighted by atomic mass is 16.3. The summed E-state index contributed by atoms with van der Waals surface area (Å²) < 4.78 is 0. The first-order chi connectivity index (χ1) is 9.72. The van der Waals surface area contributed by atoms with Gasteiger partial charge in [0, 0.05) is 24.7 Å². The molecule has 0 aromatic heterocycles. The Hall–Kier alpha value is -1.55. The lowest BCUT2D eigenvalue weighted by molar-refractivity contribution is 0.0704. The maximum Gasteiger partial charge on any atom is 0.253 e. The molecule has 1 aliphatic heterocycles. The van der Waals surface area contributed by atoms with E-state index in [4.69, 9.17) is 0 Å². The van der Waals surface area contributed by atoms with Gasteiger partial charge in [-0.05, 0) is 56.3 Å². The van der Waals surface area contributed by atoms with E-state index < -0.39 is 0 Å². The summed E-state index contributed by atoms with van der Waals surface area (Å²) in [6, 6.07) is 7.17. The number of nitrogens with zero attached hydrogens (tertiary/aromatic N) is 1. The second kappa shape index (κ2) is 5.83. The van der Waals surface area contributed by atoms with Crippen molar-refractivity contribution in [2.45, 2.75) is 31.7 Å². The van der Waals surface area contributed by atoms with Gasteiger partial charge in [0.1, 0.15) is 5.75 Å². The van der Waals surface area contributed by atoms with Gasteiger partial charge in [-0.25, -0.2) is 0 Å². The van der Waals surface area contributed by atoms with Crippen molar-refractivity contribution >= 4 is 5.91 Å². The van der Waals surface area contributed by atoms with Crippen molar-refractivity contribution in [1.82, 2.24) is 10.2 Å². The second-order valence-corrected chi connectivity index (χ2v) is 5.97. The molecule has 0 atom stereocenters. The SMILES string of the molecule is O=C(c1cccc(O)c1)N1CCC(NCC2CC2)CC1. The van der Waals surface area contributed by atoms with Gasteiger partial charge in [-0.3, -0.25) is 4.79 Å². The molecule has 4 nitrogen and oxygen atoms in total. The molecule has 2 fully saturated rings. The number of hydrogen-bond donors (Lipinski definition) is 2. The van der Waals surface area contributed by atoms with Crippen LogP contribution < -0.4 is 5.32 Å². The van der Waals surface area contributed by atoms with Gasteiger partial charge in [-0.1, -0.05) is 6.07 Å². The number of benzene rings is 1. The zero-order chi connectivity index (χ0) is 13.9. The second-order valence-electron chi connectivity index (χ2n) is 5.97. The Morgan fingerprint density at radius 2 is 2.00 bits per heavy atom. The fourth-order valence-corrected chi connectivity index (χ4v) is 2.76. The van der Waals surface area contributed by atoms with Gasteiger partial charge in [0.05, 0.1) is 0 Å². The van der Waals surface area contributed by atoms with Crippen molar-refractivity contribution in [1.29, 1.82) is 0 Å². The molecule has 1 heterocycles. The number of rotatable bonds is 4. The highest BCUT2D eigenvalue weighted by Gasteiger charge is 2.26. The lowest BCUT2D eigenvalue weighted by Gasteiger charge is -2.32. The Kier molecular flexibility index (Phi) is 3.92. The topological polar surface area (TPSA) is 52.6 Å². The van der Waals surface area contributed by atoms with Crippen molar-refractivity contribution < 1.29 is 9.90 Å². The minimum atomic E-state index is 0.0292. The molecule has 1 aromatic carbocycles. The van der Waals surface area contributed by atoms with E-state index in [1.54, 1.807) is 24.3 Å². The molecule has 0 bridgehead atoms. The van der Waals surface area contributed by atoms with Gasteiger partial charge in [-0.15, -0.1) is 0 Å². The van der Waals surface area contributed by atoms with E-state index in [2.05, 4.69) is 5.32 Å². The molecule has 1 aliphatic carbocycles. The highest BCUT2D eigenvalue weighted by molar-refractivity contribution is 5.94. The summed E-state index contributed by atoms with van der Waals surface area (Å²) in [6.07, 6.45) is 4.80. The van der Waals surface area contributed by atoms with Crippen LogP contribution in [0.25, 0.3) is 0 Å². The number of amides is 1. The molecule has 4 heteroatoms. The molecule has 20 heavy (non-hydrogen) atoms. The van der Waals surface area contributed by atoms with E-state index in [0.717, 1.165) is 38.4 Å². The van der Waals surface area contributed by atoms with Crippen LogP contribution in [0.1, 0.15) is 36.0 Å². The molecule has 108 valence electrons. The predicted molar refractivity (Wildman–Crippen MR) is 77.8 cm³/mol. The van der Waals surface area contributed by atoms with Gasteiger partial charge >= 0.3 is 0 Å². The maximum atomic E-state index is 12.3. The lowest BCUT2D eigenvalue weighted by atomic mass is 10.0. The van der Waals surface area contributed by atoms with E-state index in [1.807, 2.05) is 4.90 Å². The summed E-state index contributed by atoms with van der Waals surface area (Å²) in [5, 5.41) is 13.1. The molecule has 0 unspecified atom stereocenters. The number of hydrogen-bond acceptors (Lipinski definition) is 3. The molecular weight excluding hydrogens is 252 g/mol. The fourth-order valence-electron chi connectivity index (χ4n) is 2.76. The van der Waals surface area contributed by atoms with Crippen molar-refractivity contribution in [3.8, 4) is 5.75 Å². The van der Waals surface area contributed by atoms with Gasteiger partial charge in [0.25, 0.3) is 5.91 Å². The van der Waals surface area contributed by atoms with Crippen molar-refractivity contribution in [2.75, 3.05) is 19.6 Å². The first-order valence-electron chi connectivity index (χ1n) is 7.54. The minimum absolute atomic E-state index is 0.0292. The standard InChI is InChI=1S/C16H22N2O2/c19-15-3-1-2-13(10-15)16(20)18-8-6-14(7-9-18)17-11-12-4-5-12/h1-3,10,12,14,17,19H,4-9,11H2. The summed E-state index contributed by atoms with van der Waals surface area (Å²) in [4.78, 5) is 14.2. The minimum Gasteiger partial charge on any atom is -0.508 e. The van der Waals surface area contributed by atoms with E-state index in [1.165, 1.54) is 12.8 Å². The Morgan fingerprint density at radius 3 is 2.65 bits per heavy atom. The molecule has 2 aliphatic rings. The number of carbonyl (C=O) groups excluding carboxylic acids is 1. The quantitative estimate of drug-likeness (QED) is 0.883. The predicted octanol–water partition coefficient (Wildman–Crippen LogP) is 2.00. The van der Waals surface area contributed by atoms with Gasteiger partial charge in [0.2, 0.25) is 0 Å². The Bertz CT molecular complexity index is 477. The summed E-state index contributed by atoms with van der Waals surface area (Å²) in [5.74, 6) is 1.08. The third-order valence-electron chi connectivity index (χ3n) is 4.27. The first kappa shape index (κ1) is 13.4. The van der Waals surface area contributed by atoms with E-state index in [0.29, 0.717) is 11.6 Å². The maximum absolute atomic E-state index is 12.3. The van der Waals surface area contributed by atoms with Gasteiger partial charge < -0.3 is 15.3 Å². The first-order valence-corrected chi connectivity index (χ1v) is 7.54. The summed E-state index contributed by atoms with van der Waals surface area (Å²) in [6.45, 7) is 2.75. The Morgan fingerprint density at radius 1 is 1.25 bits per heavy atom. The van der Waals surface area contributed by atoms with Gasteiger partial charge in [-0.2, -0.15) is 0 Å². The van der Waals surface area contributed by atoms with Crippen LogP contribution >= 0.6 is 0 Å². The van der Waals surface area contributed by atoms with Crippen LogP contribution in [0.4, 0.5) is 0 Å². The molecule has 1 amide bonds. The molecule has 3 rings (SSSR count). The average Bonchev–Trinajstić information content (AvgIpc) is 3.29. The summed E-state index contributed by atoms with van der Waals surface area (Å²) in [7, 11) is 0. The molecular formula is C16H22N2O2. The molecule has 0 radical (unpaired) electrons. The number of piperidine rings is 1. The molecule has 1 saturated heterocycles. The van der Waals surface area contributed by atoms with Gasteiger partial charge in [0.15, 0.2) is 0 Å². The van der Waals surface area contributed by atoms with Crippen molar-refractivity contribution in [3.05, 3.63) is 29.8 Å². The highest BCUT2D eigenvalue weighted by Crippen LogP contribution is 2.28. The van der Waals surface area contributed by atoms with Crippen molar-refractivity contribution in [3.63, 3.8) is 0 Å². The van der Waals surface area contributed by atoms with E-state index in [-0.39, 0.29) is 11.7 Å². The molecule has 0 spiro atoms. The largest absolute Gasteiger partial charge is 0.508 e. The van der Waals surface area contributed by atoms with Crippen molar-refractivity contribution in [2.24, 2.45) is 5.92 Å². The molecule has 1 saturated carbocycles. The summed E-state index contributed by atoms with van der Waals surface area (Å²) >= 11 is 0. The number of likely N-dealkylation sites (tertiary alicyclic amines) is 1. The lowest BCUT2D eigenvalue weighted by Crippen LogP contribution is -2.45. The average molecular weight is 274 g/mol. The zero-order valence-corrected chi connectivity index (χ0v) is 11.7. The van der Waals surface area contributed by atoms with Crippen LogP contribution in [0, 0.1) is 5.92 Å². The van der Waals surface area contributed by atoms with Crippen LogP contribution in [-0.2, 0) is 0 Å². The number of phenols is 1. The Labute approximate surface area is 119 Å². The number of carbonyl (C=O) groups is 1. The number of aromatic hydroxyl groups is 1. The Balaban J connectivity index is 1.50. The van der Waals surface area contributed by atoms with Crippen LogP contribution in [0.2, 0.25) is 0 Å². The van der Waals surface area contributed by atoms with Crippen LogP contribution in [0.5, 0.6) is 5.75 Å². The third kappa shape index (κ3) is 3.31. The zero-order valence-electron chi connectivity index (χ0n) is 11.7. The monoisotopic (exact) mass is 274 g/mol. The third-order valence-corrected chi connectivity index (χ3v) is 4.27. The molecule has 1 aromatic rings. The summed E-state index contributed by atoms with van der Waals surface area (Å²) in [5.41, 5.74) is 0.578. The van der Waals surface area contributed by atoms with Crippen LogP contribution in [-0.4, -0.2) is 41.6 Å². The molecule has 2 N–H and O–H groups in total. The number of nitrogens with one attached hydrogen (secondary N) is 1. The van der Waals surface area contributed by atoms with E-state index >= 15 is 0 Å². The number of phenolic OH excluding ortho intramolecular Hbond substituents is 1. The van der Waals surface area contributed by atoms with Crippen LogP contribution in [0.3, 0.4) is 0 Å². The van der Waals surface area contributed by atoms with Crippen LogP contribution in [0.15, 0.2) is 24.3 Å². The normalized spacial score (nSPS) is 20.1.